The first-order valence-electron chi connectivity index (χ1n) is 9.61. The first-order valence-corrected chi connectivity index (χ1v) is 9.61. The van der Waals surface area contributed by atoms with Crippen molar-refractivity contribution in [2.45, 2.75) is 22.9 Å². The van der Waals surface area contributed by atoms with E-state index in [0.717, 1.165) is 0 Å². The Kier molecular flexibility index (Phi) is 3.26. The van der Waals surface area contributed by atoms with Crippen LogP contribution in [-0.2, 0) is 10.5 Å². The van der Waals surface area contributed by atoms with Crippen LogP contribution in [0.2, 0.25) is 0 Å². The van der Waals surface area contributed by atoms with Crippen molar-refractivity contribution < 1.29 is 29.3 Å². The molecule has 3 atom stereocenters. The molecule has 31 heavy (non-hydrogen) atoms. The van der Waals surface area contributed by atoms with Gasteiger partial charge in [0.2, 0.25) is 28.7 Å². The van der Waals surface area contributed by atoms with E-state index in [1.807, 2.05) is 0 Å². The number of rotatable bonds is 1. The zero-order valence-electron chi connectivity index (χ0n) is 15.9. The van der Waals surface area contributed by atoms with Crippen LogP contribution in [0.1, 0.15) is 48.2 Å². The van der Waals surface area contributed by atoms with E-state index in [1.54, 1.807) is 24.3 Å². The summed E-state index contributed by atoms with van der Waals surface area (Å²) in [6.07, 6.45) is 3.94. The lowest BCUT2D eigenvalue weighted by atomic mass is 9.70. The normalized spacial score (nSPS) is 29.9. The molecular weight excluding hydrogens is 400 g/mol. The standard InChI is InChI=1S/C23H14N2O6/c26-18-12-5-1-2-6-13(12)19(27)21(18)17(16-11-24-9-10-25-16)22(29)20(28)14-7-3-4-8-15(14)23(22,30)31-21/h1-11,17,29-30H/t17-,22-,23+/m0/s1. The summed E-state index contributed by atoms with van der Waals surface area (Å²) >= 11 is 0. The molecule has 8 nitrogen and oxygen atoms in total. The molecule has 2 aromatic carbocycles. The first kappa shape index (κ1) is 18.2. The minimum atomic E-state index is -2.67. The number of nitrogens with zero attached hydrogens (tertiary/aromatic N) is 2. The number of hydrogen-bond acceptors (Lipinski definition) is 8. The van der Waals surface area contributed by atoms with Gasteiger partial charge in [-0.2, -0.15) is 0 Å². The predicted molar refractivity (Wildman–Crippen MR) is 103 cm³/mol. The van der Waals surface area contributed by atoms with Gasteiger partial charge in [-0.3, -0.25) is 24.4 Å². The van der Waals surface area contributed by atoms with Gasteiger partial charge >= 0.3 is 0 Å². The Bertz CT molecular complexity index is 1290. The minimum Gasteiger partial charge on any atom is -0.376 e. The maximum absolute atomic E-state index is 13.6. The van der Waals surface area contributed by atoms with Crippen LogP contribution in [0.4, 0.5) is 0 Å². The molecule has 3 aliphatic rings. The van der Waals surface area contributed by atoms with Crippen molar-refractivity contribution in [2.75, 3.05) is 0 Å². The highest BCUT2D eigenvalue weighted by molar-refractivity contribution is 6.34. The second kappa shape index (κ2) is 5.55. The van der Waals surface area contributed by atoms with Gasteiger partial charge in [0, 0.05) is 40.8 Å². The summed E-state index contributed by atoms with van der Waals surface area (Å²) in [5.41, 5.74) is -4.83. The second-order valence-corrected chi connectivity index (χ2v) is 7.89. The Hall–Kier alpha value is -3.59. The van der Waals surface area contributed by atoms with Gasteiger partial charge in [-0.25, -0.2) is 0 Å². The smallest absolute Gasteiger partial charge is 0.233 e. The largest absolute Gasteiger partial charge is 0.376 e. The molecule has 0 saturated carbocycles. The highest BCUT2D eigenvalue weighted by Crippen LogP contribution is 2.64. The Morgan fingerprint density at radius 1 is 0.806 bits per heavy atom. The third-order valence-electron chi connectivity index (χ3n) is 6.50. The number of aromatic nitrogens is 2. The van der Waals surface area contributed by atoms with Crippen LogP contribution >= 0.6 is 0 Å². The fraction of sp³-hybridized carbons (Fsp3) is 0.174. The monoisotopic (exact) mass is 414 g/mol. The molecule has 0 unspecified atom stereocenters. The summed E-state index contributed by atoms with van der Waals surface area (Å²) in [4.78, 5) is 48.9. The van der Waals surface area contributed by atoms with E-state index in [2.05, 4.69) is 9.97 Å². The molecule has 2 N–H and O–H groups in total. The molecule has 1 aromatic heterocycles. The summed E-state index contributed by atoms with van der Waals surface area (Å²) in [7, 11) is 0. The number of fused-ring (bicyclic) bond motifs is 4. The third kappa shape index (κ3) is 1.80. The highest BCUT2D eigenvalue weighted by atomic mass is 16.7. The highest BCUT2D eigenvalue weighted by Gasteiger charge is 2.83. The molecule has 0 radical (unpaired) electrons. The van der Waals surface area contributed by atoms with E-state index < -0.39 is 40.3 Å². The number of carbonyl (C=O) groups is 3. The molecule has 2 heterocycles. The van der Waals surface area contributed by atoms with Crippen LogP contribution in [0, 0.1) is 0 Å². The molecule has 2 aliphatic carbocycles. The quantitative estimate of drug-likeness (QED) is 0.569. The molecule has 1 spiro atoms. The van der Waals surface area contributed by atoms with Gasteiger partial charge < -0.3 is 14.9 Å². The van der Waals surface area contributed by atoms with Crippen LogP contribution in [0.5, 0.6) is 0 Å². The van der Waals surface area contributed by atoms with Crippen LogP contribution in [-0.4, -0.2) is 48.7 Å². The maximum Gasteiger partial charge on any atom is 0.233 e. The minimum absolute atomic E-state index is 0.00942. The van der Waals surface area contributed by atoms with Gasteiger partial charge in [-0.05, 0) is 0 Å². The maximum atomic E-state index is 13.6. The number of Topliss-reactive ketones (excluding diaryl/α,β-unsaturated/α-hetero) is 3. The van der Waals surface area contributed by atoms with E-state index in [0.29, 0.717) is 0 Å². The number of benzene rings is 2. The summed E-state index contributed by atoms with van der Waals surface area (Å²) in [6, 6.07) is 12.2. The summed E-state index contributed by atoms with van der Waals surface area (Å²) < 4.78 is 5.91. The number of aliphatic hydroxyl groups is 2. The number of carbonyl (C=O) groups excluding carboxylic acids is 3. The van der Waals surface area contributed by atoms with E-state index in [1.165, 1.54) is 42.9 Å². The number of hydrogen-bond donors (Lipinski definition) is 2. The lowest BCUT2D eigenvalue weighted by Gasteiger charge is -2.32. The van der Waals surface area contributed by atoms with Gasteiger partial charge in [-0.1, -0.05) is 48.5 Å². The van der Waals surface area contributed by atoms with Crippen molar-refractivity contribution in [2.24, 2.45) is 0 Å². The molecule has 8 heteroatoms. The first-order chi connectivity index (χ1) is 14.9. The summed E-state index contributed by atoms with van der Waals surface area (Å²) in [5.74, 6) is -6.59. The van der Waals surface area contributed by atoms with Gasteiger partial charge in [0.15, 0.2) is 5.60 Å². The fourth-order valence-corrected chi connectivity index (χ4v) is 5.21. The second-order valence-electron chi connectivity index (χ2n) is 7.89. The Balaban J connectivity index is 1.70. The van der Waals surface area contributed by atoms with Crippen LogP contribution in [0.25, 0.3) is 0 Å². The van der Waals surface area contributed by atoms with Crippen LogP contribution in [0.3, 0.4) is 0 Å². The topological polar surface area (TPSA) is 127 Å². The van der Waals surface area contributed by atoms with E-state index in [4.69, 9.17) is 4.74 Å². The Morgan fingerprint density at radius 2 is 1.42 bits per heavy atom. The molecule has 1 saturated heterocycles. The average Bonchev–Trinajstić information content (AvgIpc) is 3.22. The average molecular weight is 414 g/mol. The van der Waals surface area contributed by atoms with Crippen molar-refractivity contribution in [3.63, 3.8) is 0 Å². The van der Waals surface area contributed by atoms with E-state index >= 15 is 0 Å². The molecule has 0 amide bonds. The summed E-state index contributed by atoms with van der Waals surface area (Å²) in [6.45, 7) is 0. The van der Waals surface area contributed by atoms with Crippen molar-refractivity contribution >= 4 is 17.3 Å². The van der Waals surface area contributed by atoms with Crippen molar-refractivity contribution in [1.29, 1.82) is 0 Å². The Morgan fingerprint density at radius 3 is 2.03 bits per heavy atom. The van der Waals surface area contributed by atoms with Gasteiger partial charge in [0.05, 0.1) is 11.6 Å². The molecule has 6 rings (SSSR count). The molecular formula is C23H14N2O6. The summed E-state index contributed by atoms with van der Waals surface area (Å²) in [5, 5.41) is 23.5. The lowest BCUT2D eigenvalue weighted by Crippen LogP contribution is -2.54. The molecule has 0 bridgehead atoms. The van der Waals surface area contributed by atoms with Gasteiger partial charge in [0.25, 0.3) is 0 Å². The van der Waals surface area contributed by atoms with Crippen molar-refractivity contribution in [3.05, 3.63) is 95.1 Å². The third-order valence-corrected chi connectivity index (χ3v) is 6.50. The zero-order valence-corrected chi connectivity index (χ0v) is 15.9. The zero-order chi connectivity index (χ0) is 21.6. The fourth-order valence-electron chi connectivity index (χ4n) is 5.21. The number of ketones is 3. The molecule has 1 aliphatic heterocycles. The van der Waals surface area contributed by atoms with Gasteiger partial charge in [0.1, 0.15) is 0 Å². The van der Waals surface area contributed by atoms with Gasteiger partial charge in [-0.15, -0.1) is 0 Å². The van der Waals surface area contributed by atoms with Crippen molar-refractivity contribution in [1.82, 2.24) is 9.97 Å². The van der Waals surface area contributed by atoms with Crippen LogP contribution in [0.15, 0.2) is 67.1 Å². The van der Waals surface area contributed by atoms with E-state index in [9.17, 15) is 24.6 Å². The SMILES string of the molecule is O=C1c2ccccc2C(=O)C12O[C@]1(O)c3ccccc3C(=O)[C@@]1(O)[C@H]2c1cnccn1. The molecule has 1 fully saturated rings. The lowest BCUT2D eigenvalue weighted by molar-refractivity contribution is -0.255. The predicted octanol–water partition coefficient (Wildman–Crippen LogP) is 1.18. The van der Waals surface area contributed by atoms with E-state index in [-0.39, 0.29) is 27.9 Å². The Labute approximate surface area is 175 Å². The molecule has 152 valence electrons. The number of ether oxygens (including phenoxy) is 1. The molecule has 3 aromatic rings. The van der Waals surface area contributed by atoms with Crippen LogP contribution < -0.4 is 0 Å². The van der Waals surface area contributed by atoms with Crippen molar-refractivity contribution in [3.8, 4) is 0 Å².